The summed E-state index contributed by atoms with van der Waals surface area (Å²) in [6.07, 6.45) is 25.7. The van der Waals surface area contributed by atoms with E-state index in [1.54, 1.807) is 0 Å². The molecule has 1 unspecified atom stereocenters. The van der Waals surface area contributed by atoms with Crippen molar-refractivity contribution in [2.45, 2.75) is 60.8 Å². The van der Waals surface area contributed by atoms with Gasteiger partial charge in [-0.25, -0.2) is 0 Å². The molecule has 0 bridgehead atoms. The standard InChI is InChI=1S/C32H46N2/c1-10-13-14-15-17-28(11-2)31(12-3)34-23-20-29(24-25(4)5)33-22-16-18-30-27(7)26(6)19-21-32(30,8)9/h10-16,18,20,23-24,26,33-34H,2-4,17,19,21-22H2,1,5-9H3/b13-10-,15-14-,18-16-,23-20+,29-24+,31-28-. The third kappa shape index (κ3) is 9.87. The van der Waals surface area contributed by atoms with Crippen molar-refractivity contribution in [1.82, 2.24) is 10.6 Å². The molecule has 0 saturated heterocycles. The fraction of sp³-hybridized carbons (Fsp3) is 0.375. The van der Waals surface area contributed by atoms with Gasteiger partial charge >= 0.3 is 0 Å². The van der Waals surface area contributed by atoms with E-state index in [0.29, 0.717) is 5.92 Å². The highest BCUT2D eigenvalue weighted by Crippen LogP contribution is 2.43. The molecule has 1 aliphatic carbocycles. The SMILES string of the molecule is C=C/C(C/C=C\C=C/C)=C(\C=C)N/C=C/C(=C\C(=C)C)NC/C=C\C1=C(C)C(C)CCC1(C)C. The van der Waals surface area contributed by atoms with Gasteiger partial charge < -0.3 is 10.6 Å². The number of allylic oxidation sites excluding steroid dienone is 13. The van der Waals surface area contributed by atoms with Crippen LogP contribution in [0.2, 0.25) is 0 Å². The molecule has 0 radical (unpaired) electrons. The molecule has 0 saturated carbocycles. The molecule has 2 N–H and O–H groups in total. The molecule has 0 heterocycles. The molecule has 0 spiro atoms. The topological polar surface area (TPSA) is 24.1 Å². The minimum atomic E-state index is 0.242. The van der Waals surface area contributed by atoms with Gasteiger partial charge in [0, 0.05) is 24.1 Å². The van der Waals surface area contributed by atoms with Crippen LogP contribution in [-0.2, 0) is 0 Å². The maximum atomic E-state index is 4.04. The summed E-state index contributed by atoms with van der Waals surface area (Å²) in [6.45, 7) is 26.0. The van der Waals surface area contributed by atoms with Gasteiger partial charge in [-0.1, -0.05) is 94.2 Å². The van der Waals surface area contributed by atoms with Crippen LogP contribution in [-0.4, -0.2) is 6.54 Å². The predicted molar refractivity (Wildman–Crippen MR) is 153 cm³/mol. The average Bonchev–Trinajstić information content (AvgIpc) is 2.79. The third-order valence-electron chi connectivity index (χ3n) is 6.28. The molecule has 0 aromatic heterocycles. The maximum absolute atomic E-state index is 4.04. The summed E-state index contributed by atoms with van der Waals surface area (Å²) in [5, 5.41) is 6.86. The monoisotopic (exact) mass is 458 g/mol. The lowest BCUT2D eigenvalue weighted by Crippen LogP contribution is -2.23. The zero-order valence-electron chi connectivity index (χ0n) is 22.4. The van der Waals surface area contributed by atoms with Crippen LogP contribution in [0.25, 0.3) is 0 Å². The highest BCUT2D eigenvalue weighted by Gasteiger charge is 2.29. The second kappa shape index (κ2) is 15.0. The molecule has 0 amide bonds. The van der Waals surface area contributed by atoms with Crippen molar-refractivity contribution in [3.63, 3.8) is 0 Å². The normalized spacial score (nSPS) is 19.8. The highest BCUT2D eigenvalue weighted by atomic mass is 14.9. The van der Waals surface area contributed by atoms with Crippen molar-refractivity contribution in [1.29, 1.82) is 0 Å². The van der Waals surface area contributed by atoms with E-state index in [0.717, 1.165) is 35.5 Å². The van der Waals surface area contributed by atoms with Crippen molar-refractivity contribution in [2.24, 2.45) is 11.3 Å². The van der Waals surface area contributed by atoms with E-state index < -0.39 is 0 Å². The maximum Gasteiger partial charge on any atom is 0.0409 e. The lowest BCUT2D eigenvalue weighted by Gasteiger charge is -2.36. The van der Waals surface area contributed by atoms with Gasteiger partial charge in [0.2, 0.25) is 0 Å². The summed E-state index contributed by atoms with van der Waals surface area (Å²) < 4.78 is 0. The predicted octanol–water partition coefficient (Wildman–Crippen LogP) is 8.62. The molecular formula is C32H46N2. The minimum Gasteiger partial charge on any atom is -0.382 e. The van der Waals surface area contributed by atoms with Crippen molar-refractivity contribution in [3.8, 4) is 0 Å². The largest absolute Gasteiger partial charge is 0.382 e. The van der Waals surface area contributed by atoms with Gasteiger partial charge in [-0.2, -0.15) is 0 Å². The second-order valence-electron chi connectivity index (χ2n) is 9.63. The van der Waals surface area contributed by atoms with Gasteiger partial charge in [0.25, 0.3) is 0 Å². The number of hydrogen-bond acceptors (Lipinski definition) is 2. The van der Waals surface area contributed by atoms with Gasteiger partial charge in [0.15, 0.2) is 0 Å². The van der Waals surface area contributed by atoms with Gasteiger partial charge in [-0.15, -0.1) is 0 Å². The van der Waals surface area contributed by atoms with Crippen molar-refractivity contribution in [2.75, 3.05) is 6.54 Å². The fourth-order valence-electron chi connectivity index (χ4n) is 4.05. The minimum absolute atomic E-state index is 0.242. The lowest BCUT2D eigenvalue weighted by molar-refractivity contribution is 0.339. The quantitative estimate of drug-likeness (QED) is 0.270. The van der Waals surface area contributed by atoms with Crippen LogP contribution in [0.5, 0.6) is 0 Å². The Hall–Kier alpha value is -3.00. The Morgan fingerprint density at radius 1 is 1.15 bits per heavy atom. The van der Waals surface area contributed by atoms with Crippen molar-refractivity contribution in [3.05, 3.63) is 120 Å². The Morgan fingerprint density at radius 2 is 1.88 bits per heavy atom. The summed E-state index contributed by atoms with van der Waals surface area (Å²) in [6, 6.07) is 0. The first-order chi connectivity index (χ1) is 16.2. The molecule has 0 aromatic rings. The van der Waals surface area contributed by atoms with Crippen LogP contribution >= 0.6 is 0 Å². The number of hydrogen-bond donors (Lipinski definition) is 2. The van der Waals surface area contributed by atoms with Crippen LogP contribution in [0.15, 0.2) is 120 Å². The summed E-state index contributed by atoms with van der Waals surface area (Å²) in [5.74, 6) is 0.666. The zero-order valence-corrected chi connectivity index (χ0v) is 22.4. The van der Waals surface area contributed by atoms with Crippen LogP contribution < -0.4 is 10.6 Å². The first-order valence-corrected chi connectivity index (χ1v) is 12.3. The third-order valence-corrected chi connectivity index (χ3v) is 6.28. The van der Waals surface area contributed by atoms with Crippen LogP contribution in [0.4, 0.5) is 0 Å². The van der Waals surface area contributed by atoms with E-state index in [9.17, 15) is 0 Å². The zero-order chi connectivity index (χ0) is 25.6. The van der Waals surface area contributed by atoms with Crippen molar-refractivity contribution < 1.29 is 0 Å². The molecule has 0 aromatic carbocycles. The Morgan fingerprint density at radius 3 is 2.50 bits per heavy atom. The Kier molecular flexibility index (Phi) is 12.8. The van der Waals surface area contributed by atoms with Crippen LogP contribution in [0, 0.1) is 11.3 Å². The van der Waals surface area contributed by atoms with Gasteiger partial charge in [-0.05, 0) is 80.7 Å². The second-order valence-corrected chi connectivity index (χ2v) is 9.63. The molecule has 34 heavy (non-hydrogen) atoms. The average molecular weight is 459 g/mol. The van der Waals surface area contributed by atoms with E-state index >= 15 is 0 Å². The van der Waals surface area contributed by atoms with E-state index in [1.807, 2.05) is 56.5 Å². The summed E-state index contributed by atoms with van der Waals surface area (Å²) in [5.41, 5.74) is 7.29. The molecule has 2 nitrogen and oxygen atoms in total. The molecule has 184 valence electrons. The molecule has 1 aliphatic rings. The van der Waals surface area contributed by atoms with Gasteiger partial charge in [-0.3, -0.25) is 0 Å². The van der Waals surface area contributed by atoms with E-state index in [4.69, 9.17) is 0 Å². The first-order valence-electron chi connectivity index (χ1n) is 12.3. The Bertz CT molecular complexity index is 926. The Balaban J connectivity index is 2.89. The molecule has 0 fully saturated rings. The number of nitrogens with one attached hydrogen (secondary N) is 2. The van der Waals surface area contributed by atoms with E-state index in [2.05, 4.69) is 82.4 Å². The van der Waals surface area contributed by atoms with Crippen molar-refractivity contribution >= 4 is 0 Å². The summed E-state index contributed by atoms with van der Waals surface area (Å²) in [7, 11) is 0. The highest BCUT2D eigenvalue weighted by molar-refractivity contribution is 5.36. The van der Waals surface area contributed by atoms with Gasteiger partial charge in [0.05, 0.1) is 0 Å². The lowest BCUT2D eigenvalue weighted by atomic mass is 9.69. The summed E-state index contributed by atoms with van der Waals surface area (Å²) in [4.78, 5) is 0. The Labute approximate surface area is 209 Å². The van der Waals surface area contributed by atoms with Crippen LogP contribution in [0.3, 0.4) is 0 Å². The smallest absolute Gasteiger partial charge is 0.0409 e. The summed E-state index contributed by atoms with van der Waals surface area (Å²) >= 11 is 0. The van der Waals surface area contributed by atoms with Crippen LogP contribution in [0.1, 0.15) is 60.8 Å². The van der Waals surface area contributed by atoms with E-state index in [1.165, 1.54) is 24.0 Å². The fourth-order valence-corrected chi connectivity index (χ4v) is 4.05. The molecule has 0 aliphatic heterocycles. The number of rotatable bonds is 13. The first kappa shape index (κ1) is 29.0. The van der Waals surface area contributed by atoms with E-state index in [-0.39, 0.29) is 5.41 Å². The van der Waals surface area contributed by atoms with Gasteiger partial charge in [0.1, 0.15) is 0 Å². The molecule has 2 heteroatoms. The molecular weight excluding hydrogens is 412 g/mol. The molecule has 1 atom stereocenters. The molecule has 1 rings (SSSR count).